The smallest absolute Gasteiger partial charge is 0.263 e. The number of pyridine rings is 2. The van der Waals surface area contributed by atoms with Gasteiger partial charge < -0.3 is 15.0 Å². The van der Waals surface area contributed by atoms with Crippen LogP contribution in [-0.4, -0.2) is 26.6 Å². The Balaban J connectivity index is 1.61. The highest BCUT2D eigenvalue weighted by Gasteiger charge is 2.24. The molecule has 3 aromatic heterocycles. The fraction of sp³-hybridized carbons (Fsp3) is 0.0968. The fourth-order valence-corrected chi connectivity index (χ4v) is 5.51. The number of aromatic amines is 1. The van der Waals surface area contributed by atoms with Gasteiger partial charge in [-0.1, -0.05) is 54.1 Å². The van der Waals surface area contributed by atoms with Crippen LogP contribution < -0.4 is 21.0 Å². The molecule has 0 fully saturated rings. The summed E-state index contributed by atoms with van der Waals surface area (Å²) in [6.45, 7) is 1.83. The van der Waals surface area contributed by atoms with Crippen LogP contribution in [0.4, 0.5) is 10.2 Å². The molecule has 0 saturated carbocycles. The van der Waals surface area contributed by atoms with Crippen molar-refractivity contribution in [3.05, 3.63) is 122 Å². The minimum atomic E-state index is -0.584. The van der Waals surface area contributed by atoms with Crippen LogP contribution in [-0.2, 0) is 0 Å². The van der Waals surface area contributed by atoms with Crippen LogP contribution in [0.5, 0.6) is 5.75 Å². The molecule has 2 N–H and O–H groups in total. The number of ether oxygens (including phenoxy) is 1. The van der Waals surface area contributed by atoms with E-state index in [2.05, 4.69) is 20.3 Å². The molecule has 0 saturated heterocycles. The summed E-state index contributed by atoms with van der Waals surface area (Å²) in [5, 5.41) is 4.73. The average molecular weight is 568 g/mol. The van der Waals surface area contributed by atoms with E-state index < -0.39 is 11.9 Å². The third-order valence-corrected chi connectivity index (χ3v) is 7.37. The van der Waals surface area contributed by atoms with Crippen LogP contribution in [0.3, 0.4) is 0 Å². The number of benzene rings is 3. The Morgan fingerprint density at radius 1 is 1.00 bits per heavy atom. The second-order valence-corrected chi connectivity index (χ2v) is 9.78. The second kappa shape index (κ2) is 10.5. The van der Waals surface area contributed by atoms with Gasteiger partial charge in [0, 0.05) is 23.3 Å². The minimum absolute atomic E-state index is 0.104. The Kier molecular flexibility index (Phi) is 6.72. The number of hydrogen-bond donors (Lipinski definition) is 2. The number of aromatic nitrogens is 4. The first-order chi connectivity index (χ1) is 19.9. The van der Waals surface area contributed by atoms with Crippen molar-refractivity contribution in [2.45, 2.75) is 13.0 Å². The summed E-state index contributed by atoms with van der Waals surface area (Å²) in [5.41, 5.74) is 1.88. The number of nitrogens with one attached hydrogen (secondary N) is 2. The maximum atomic E-state index is 14.7. The number of hydrogen-bond acceptors (Lipinski definition) is 6. The summed E-state index contributed by atoms with van der Waals surface area (Å²) >= 11 is 7.12. The summed E-state index contributed by atoms with van der Waals surface area (Å²) < 4.78 is 21.3. The SMILES string of the molecule is COc1ccc(-c2cccc3c(Cl)c([C@H](C)Nc4ncnc5[nH]ccc(=O)c45)n(-c4ccccc4)c(=O)c23)cc1F. The molecule has 0 radical (unpaired) electrons. The van der Waals surface area contributed by atoms with Crippen LogP contribution in [0.1, 0.15) is 18.7 Å². The molecule has 1 atom stereocenters. The van der Waals surface area contributed by atoms with Gasteiger partial charge in [0.25, 0.3) is 5.56 Å². The molecule has 6 aromatic rings. The van der Waals surface area contributed by atoms with Gasteiger partial charge in [-0.3, -0.25) is 14.2 Å². The second-order valence-electron chi connectivity index (χ2n) is 9.41. The van der Waals surface area contributed by atoms with Crippen molar-refractivity contribution in [3.63, 3.8) is 0 Å². The van der Waals surface area contributed by atoms with Gasteiger partial charge in [0.1, 0.15) is 23.2 Å². The summed E-state index contributed by atoms with van der Waals surface area (Å²) in [6.07, 6.45) is 2.87. The lowest BCUT2D eigenvalue weighted by Gasteiger charge is -2.24. The maximum Gasteiger partial charge on any atom is 0.263 e. The van der Waals surface area contributed by atoms with E-state index in [4.69, 9.17) is 16.3 Å². The number of H-pyrrole nitrogens is 1. The van der Waals surface area contributed by atoms with E-state index in [0.717, 1.165) is 0 Å². The molecule has 0 aliphatic heterocycles. The molecule has 0 bridgehead atoms. The Morgan fingerprint density at radius 3 is 2.56 bits per heavy atom. The third kappa shape index (κ3) is 4.50. The molecule has 3 aromatic carbocycles. The maximum absolute atomic E-state index is 14.7. The van der Waals surface area contributed by atoms with Crippen LogP contribution >= 0.6 is 11.6 Å². The van der Waals surface area contributed by atoms with Crippen molar-refractivity contribution in [1.29, 1.82) is 0 Å². The van der Waals surface area contributed by atoms with E-state index in [1.165, 1.54) is 37.8 Å². The highest BCUT2D eigenvalue weighted by molar-refractivity contribution is 6.36. The van der Waals surface area contributed by atoms with Gasteiger partial charge in [-0.05, 0) is 42.3 Å². The van der Waals surface area contributed by atoms with E-state index in [-0.39, 0.29) is 22.1 Å². The van der Waals surface area contributed by atoms with Crippen LogP contribution in [0.2, 0.25) is 5.02 Å². The largest absolute Gasteiger partial charge is 0.494 e. The number of para-hydroxylation sites is 1. The summed E-state index contributed by atoms with van der Waals surface area (Å²) in [4.78, 5) is 38.5. The number of fused-ring (bicyclic) bond motifs is 2. The van der Waals surface area contributed by atoms with Gasteiger partial charge in [-0.2, -0.15) is 0 Å². The molecule has 204 valence electrons. The normalized spacial score (nSPS) is 12.0. The van der Waals surface area contributed by atoms with Crippen molar-refractivity contribution >= 4 is 39.2 Å². The molecule has 0 aliphatic rings. The number of methoxy groups -OCH3 is 1. The zero-order valence-electron chi connectivity index (χ0n) is 22.0. The van der Waals surface area contributed by atoms with Crippen LogP contribution in [0.25, 0.3) is 38.6 Å². The predicted molar refractivity (Wildman–Crippen MR) is 159 cm³/mol. The molecule has 0 amide bonds. The Morgan fingerprint density at radius 2 is 1.80 bits per heavy atom. The van der Waals surface area contributed by atoms with Crippen molar-refractivity contribution in [2.75, 3.05) is 12.4 Å². The summed E-state index contributed by atoms with van der Waals surface area (Å²) in [6, 6.07) is 19.8. The minimum Gasteiger partial charge on any atom is -0.494 e. The highest BCUT2D eigenvalue weighted by atomic mass is 35.5. The van der Waals surface area contributed by atoms with E-state index in [9.17, 15) is 14.0 Å². The van der Waals surface area contributed by atoms with Crippen molar-refractivity contribution in [3.8, 4) is 22.6 Å². The lowest BCUT2D eigenvalue weighted by Crippen LogP contribution is -2.27. The van der Waals surface area contributed by atoms with Crippen molar-refractivity contribution < 1.29 is 9.13 Å². The average Bonchev–Trinajstić information content (AvgIpc) is 2.99. The summed E-state index contributed by atoms with van der Waals surface area (Å²) in [5.74, 6) is -0.139. The van der Waals surface area contributed by atoms with E-state index in [1.807, 2.05) is 25.1 Å². The van der Waals surface area contributed by atoms with E-state index in [0.29, 0.717) is 49.8 Å². The monoisotopic (exact) mass is 567 g/mol. The zero-order chi connectivity index (χ0) is 28.7. The lowest BCUT2D eigenvalue weighted by molar-refractivity contribution is 0.386. The molecule has 41 heavy (non-hydrogen) atoms. The first-order valence-corrected chi connectivity index (χ1v) is 13.1. The molecular weight excluding hydrogens is 545 g/mol. The quantitative estimate of drug-likeness (QED) is 0.246. The van der Waals surface area contributed by atoms with Crippen molar-refractivity contribution in [2.24, 2.45) is 0 Å². The standard InChI is InChI=1S/C31H23ClFN5O3/c1-17(37-30-26-23(39)13-14-34-29(26)35-16-36-30)28-27(32)21-10-6-9-20(18-11-12-24(41-2)22(33)15-18)25(21)31(40)38(28)19-7-4-3-5-8-19/h3-17H,1-2H3,(H2,34,35,36,37,39)/t17-/m0/s1. The van der Waals surface area contributed by atoms with Crippen LogP contribution in [0.15, 0.2) is 94.9 Å². The molecule has 0 spiro atoms. The van der Waals surface area contributed by atoms with E-state index >= 15 is 0 Å². The van der Waals surface area contributed by atoms with E-state index in [1.54, 1.807) is 41.0 Å². The van der Waals surface area contributed by atoms with Gasteiger partial charge in [0.05, 0.1) is 29.3 Å². The molecule has 0 aliphatic carbocycles. The lowest BCUT2D eigenvalue weighted by atomic mass is 9.97. The molecule has 3 heterocycles. The predicted octanol–water partition coefficient (Wildman–Crippen LogP) is 6.26. The van der Waals surface area contributed by atoms with Gasteiger partial charge in [0.15, 0.2) is 17.0 Å². The van der Waals surface area contributed by atoms with Crippen LogP contribution in [0, 0.1) is 5.82 Å². The number of anilines is 1. The molecule has 8 nitrogen and oxygen atoms in total. The Hall–Kier alpha value is -5.02. The highest BCUT2D eigenvalue weighted by Crippen LogP contribution is 2.37. The van der Waals surface area contributed by atoms with Gasteiger partial charge in [-0.25, -0.2) is 14.4 Å². The first kappa shape index (κ1) is 26.2. The number of halogens is 2. The first-order valence-electron chi connectivity index (χ1n) is 12.7. The van der Waals surface area contributed by atoms with Gasteiger partial charge in [-0.15, -0.1) is 0 Å². The van der Waals surface area contributed by atoms with Gasteiger partial charge in [0.2, 0.25) is 0 Å². The third-order valence-electron chi connectivity index (χ3n) is 6.97. The molecular formula is C31H23ClFN5O3. The number of rotatable bonds is 6. The molecule has 6 rings (SSSR count). The Labute approximate surface area is 238 Å². The fourth-order valence-electron chi connectivity index (χ4n) is 5.11. The Bertz CT molecular complexity index is 2060. The van der Waals surface area contributed by atoms with Crippen molar-refractivity contribution in [1.82, 2.24) is 19.5 Å². The molecule has 10 heteroatoms. The topological polar surface area (TPSA) is 102 Å². The van der Waals surface area contributed by atoms with Gasteiger partial charge >= 0.3 is 0 Å². The zero-order valence-corrected chi connectivity index (χ0v) is 22.7. The molecule has 0 unspecified atom stereocenters. The number of nitrogens with zero attached hydrogens (tertiary/aromatic N) is 3. The summed E-state index contributed by atoms with van der Waals surface area (Å²) in [7, 11) is 1.39.